The van der Waals surface area contributed by atoms with Crippen molar-refractivity contribution in [2.75, 3.05) is 0 Å². The van der Waals surface area contributed by atoms with Gasteiger partial charge >= 0.3 is 0 Å². The predicted octanol–water partition coefficient (Wildman–Crippen LogP) is 18.4. The highest BCUT2D eigenvalue weighted by atomic mass is 32.2. The highest BCUT2D eigenvalue weighted by Gasteiger charge is 2.90. The second-order valence-electron chi connectivity index (χ2n) is 35.9. The molecule has 23 aliphatic rings. The van der Waals surface area contributed by atoms with Crippen LogP contribution in [0.25, 0.3) is 97.3 Å². The van der Waals surface area contributed by atoms with Gasteiger partial charge < -0.3 is 0 Å². The minimum absolute atomic E-state index is 0.0142. The first-order valence-corrected chi connectivity index (χ1v) is 33.2. The molecule has 22 unspecified atom stereocenters. The predicted molar refractivity (Wildman–Crippen MR) is 313 cm³/mol. The second-order valence-corrected chi connectivity index (χ2v) is 37.2. The lowest BCUT2D eigenvalue weighted by molar-refractivity contribution is 0.0333. The Labute approximate surface area is 457 Å². The number of fused-ring (bicyclic) bond motifs is 1. The van der Waals surface area contributed by atoms with Gasteiger partial charge in [-0.3, -0.25) is 0 Å². The molecule has 1 heteroatoms. The van der Waals surface area contributed by atoms with Crippen LogP contribution in [-0.2, 0) is 26.4 Å². The van der Waals surface area contributed by atoms with Crippen molar-refractivity contribution in [2.45, 2.75) is 200 Å². The van der Waals surface area contributed by atoms with Crippen molar-refractivity contribution in [3.63, 3.8) is 0 Å². The summed E-state index contributed by atoms with van der Waals surface area (Å²) in [7, 11) is 0. The maximum absolute atomic E-state index is 2.89. The Hall–Kier alpha value is -5.37. The molecule has 0 amide bonds. The van der Waals surface area contributed by atoms with Gasteiger partial charge in [0.1, 0.15) is 0 Å². The van der Waals surface area contributed by atoms with Gasteiger partial charge in [0.15, 0.2) is 0 Å². The molecule has 1 aliphatic heterocycles. The Morgan fingerprint density at radius 3 is 0.962 bits per heavy atom. The van der Waals surface area contributed by atoms with Crippen molar-refractivity contribution in [2.24, 2.45) is 11.8 Å². The van der Waals surface area contributed by atoms with Crippen LogP contribution < -0.4 is 0 Å². The molecule has 0 aromatic heterocycles. The summed E-state index contributed by atoms with van der Waals surface area (Å²) in [5.41, 5.74) is 51.7. The van der Waals surface area contributed by atoms with E-state index in [-0.39, 0.29) is 26.4 Å². The minimum atomic E-state index is -0.0789. The van der Waals surface area contributed by atoms with Crippen molar-refractivity contribution >= 4 is 97.9 Å². The summed E-state index contributed by atoms with van der Waals surface area (Å²) in [6, 6.07) is 2.89. The number of thioether (sulfide) groups is 1. The summed E-state index contributed by atoms with van der Waals surface area (Å²) in [4.78, 5) is 1.81. The molecule has 11 aromatic carbocycles. The van der Waals surface area contributed by atoms with Crippen molar-refractivity contribution in [3.8, 4) is 11.1 Å². The number of benzene rings is 10. The van der Waals surface area contributed by atoms with E-state index in [0.29, 0.717) is 118 Å². The van der Waals surface area contributed by atoms with Crippen LogP contribution in [-0.4, -0.2) is 0 Å². The molecule has 22 atom stereocenters. The van der Waals surface area contributed by atoms with Gasteiger partial charge in [-0.15, -0.1) is 11.8 Å². The molecule has 2 spiro atoms. The molecule has 11 aromatic rings. The lowest BCUT2D eigenvalue weighted by Gasteiger charge is -2.65. The fourth-order valence-corrected chi connectivity index (χ4v) is 36.3. The average molecular weight is 1020 g/mol. The Kier molecular flexibility index (Phi) is 3.53. The highest BCUT2D eigenvalue weighted by molar-refractivity contribution is 8.00. The van der Waals surface area contributed by atoms with Crippen LogP contribution in [0.1, 0.15) is 302 Å². The molecule has 0 saturated heterocycles. The first-order chi connectivity index (χ1) is 38.3. The van der Waals surface area contributed by atoms with Gasteiger partial charge in [-0.05, 0) is 365 Å². The molecule has 0 bridgehead atoms. The molecule has 1 saturated carbocycles. The van der Waals surface area contributed by atoms with Crippen molar-refractivity contribution in [1.82, 2.24) is 0 Å². The van der Waals surface area contributed by atoms with E-state index in [1.165, 1.54) is 0 Å². The molecular weight excluding hydrogens is 969 g/mol. The molecule has 1 heterocycles. The van der Waals surface area contributed by atoms with E-state index in [9.17, 15) is 0 Å². The molecule has 34 rings (SSSR count). The maximum Gasteiger partial charge on any atom is 0.0645 e. The quantitative estimate of drug-likeness (QED) is 0.136. The Bertz CT molecular complexity index is 5870. The van der Waals surface area contributed by atoms with E-state index in [0.717, 1.165) is 0 Å². The Morgan fingerprint density at radius 2 is 0.570 bits per heavy atom. The first kappa shape index (κ1) is 34.8. The van der Waals surface area contributed by atoms with E-state index in [4.69, 9.17) is 0 Å². The van der Waals surface area contributed by atoms with Crippen LogP contribution in [0.5, 0.6) is 0 Å². The zero-order valence-corrected chi connectivity index (χ0v) is 46.3. The van der Waals surface area contributed by atoms with Crippen LogP contribution in [0.2, 0.25) is 0 Å². The third kappa shape index (κ3) is 2.09. The number of rotatable bonds is 0. The van der Waals surface area contributed by atoms with Crippen LogP contribution in [0.3, 0.4) is 0 Å². The van der Waals surface area contributed by atoms with Gasteiger partial charge in [0.05, 0.1) is 4.75 Å². The minimum Gasteiger partial charge on any atom is -0.112 e. The first-order valence-electron chi connectivity index (χ1n) is 32.4. The van der Waals surface area contributed by atoms with E-state index < -0.39 is 0 Å². The van der Waals surface area contributed by atoms with Gasteiger partial charge in [0.25, 0.3) is 0 Å². The van der Waals surface area contributed by atoms with Gasteiger partial charge in [0, 0.05) is 10.3 Å². The topological polar surface area (TPSA) is 0 Å². The van der Waals surface area contributed by atoms with E-state index in [2.05, 4.69) is 91.3 Å². The molecule has 0 N–H and O–H groups in total. The summed E-state index contributed by atoms with van der Waals surface area (Å²) < 4.78 is -0.0284. The summed E-state index contributed by atoms with van der Waals surface area (Å²) in [5.74, 6) is 12.7. The third-order valence-corrected chi connectivity index (χ3v) is 34.6. The fourth-order valence-electron chi connectivity index (χ4n) is 33.9. The van der Waals surface area contributed by atoms with Crippen molar-refractivity contribution < 1.29 is 0 Å². The van der Waals surface area contributed by atoms with Gasteiger partial charge in [-0.1, -0.05) is 68.4 Å². The smallest absolute Gasteiger partial charge is 0.0645 e. The fraction of sp³-hybridized carbons (Fsp3) is 0.436. The van der Waals surface area contributed by atoms with Crippen LogP contribution in [0, 0.1) is 11.8 Å². The molecule has 0 radical (unpaired) electrons. The molecule has 22 aliphatic carbocycles. The van der Waals surface area contributed by atoms with Crippen LogP contribution in [0.15, 0.2) is 11.0 Å². The molecule has 1 fully saturated rings. The summed E-state index contributed by atoms with van der Waals surface area (Å²) >= 11 is 2.66. The standard InChI is InChI=1S/C78H48S/c1-74(2,3)11-10-12(75(4,5)6)73-72(67(11)76(7,8)9)77-68-59-51-41-31-23-15-13-14-17-21-19(15)27-35-29(21)39-33-25(17)26-18(14)22-20-16(13)24(23)32-38-28(20)36-30(22)40-34(26)44-43(33)55-49(39)57-47(35)53(45(51)37(27)31)61(68)63(57)70-65(55)66-56(44)50(40)58-48(36)54-46(38)52(42(32)41)60(59)69(77)62(54)64(58)71(66)78(70,77)79-73/h10,15,17,19,21,23,25,31,33,41-44,52,56,60,62,64,66,69,71H,1-9H3. The normalized spacial score (nSPS) is 44.6. The lowest BCUT2D eigenvalue weighted by Crippen LogP contribution is -2.62. The van der Waals surface area contributed by atoms with Gasteiger partial charge in [-0.25, -0.2) is 0 Å². The molecule has 366 valence electrons. The van der Waals surface area contributed by atoms with Gasteiger partial charge in [0.2, 0.25) is 0 Å². The zero-order valence-electron chi connectivity index (χ0n) is 45.5. The maximum atomic E-state index is 2.89. The largest absolute Gasteiger partial charge is 0.112 e. The lowest BCUT2D eigenvalue weighted by atomic mass is 9.38. The highest BCUT2D eigenvalue weighted by Crippen LogP contribution is 3.01. The Morgan fingerprint density at radius 1 is 0.278 bits per heavy atom. The van der Waals surface area contributed by atoms with Gasteiger partial charge in [-0.2, -0.15) is 0 Å². The summed E-state index contributed by atoms with van der Waals surface area (Å²) in [5, 5.41) is 30.8. The molecular formula is C78H48S. The summed E-state index contributed by atoms with van der Waals surface area (Å²) in [6.45, 7) is 23.9. The van der Waals surface area contributed by atoms with E-state index in [1.807, 2.05) is 208 Å². The monoisotopic (exact) mass is 1020 g/mol. The zero-order chi connectivity index (χ0) is 49.3. The third-order valence-electron chi connectivity index (χ3n) is 32.8. The molecule has 79 heavy (non-hydrogen) atoms. The SMILES string of the molecule is CC(C)(C)c1cc(C(C)(C)C)c(C(C)(C)C)c2c1SC13c4c5c6c7c8c9c%10c%11c%12c%13c%14c%15c(c%16c%13c%10c7c4-%16)C21C1C%15C2c4c7c%10c%13c%15c%16c%17c%18c%19c%20c%21c%22c%23c(c4c4c%22c%19c%16c%104)C2C%14C%12C%23C%21C%11C9C%20C%18C8C6C%17C%15C5C3C%13C71. The average Bonchev–Trinajstić information content (AvgIpc) is 1.39. The van der Waals surface area contributed by atoms with E-state index >= 15 is 0 Å². The number of hydrogen-bond donors (Lipinski definition) is 0. The van der Waals surface area contributed by atoms with Crippen molar-refractivity contribution in [3.05, 3.63) is 140 Å². The van der Waals surface area contributed by atoms with Crippen LogP contribution in [0.4, 0.5) is 0 Å². The van der Waals surface area contributed by atoms with E-state index in [1.54, 1.807) is 16.7 Å². The number of hydrogen-bond acceptors (Lipinski definition) is 1. The Balaban J connectivity index is 0.977. The van der Waals surface area contributed by atoms with Crippen molar-refractivity contribution in [1.29, 1.82) is 0 Å². The van der Waals surface area contributed by atoms with Crippen LogP contribution >= 0.6 is 11.8 Å². The second kappa shape index (κ2) is 8.01. The molecule has 0 nitrogen and oxygen atoms in total. The summed E-state index contributed by atoms with van der Waals surface area (Å²) in [6.07, 6.45) is 0.